The fourth-order valence-corrected chi connectivity index (χ4v) is 3.58. The zero-order valence-electron chi connectivity index (χ0n) is 16.2. The van der Waals surface area contributed by atoms with E-state index in [1.54, 1.807) is 25.1 Å². The van der Waals surface area contributed by atoms with E-state index in [9.17, 15) is 13.2 Å². The first kappa shape index (κ1) is 20.5. The highest BCUT2D eigenvalue weighted by Crippen LogP contribution is 2.17. The maximum atomic E-state index is 12.5. The molecule has 0 saturated heterocycles. The Morgan fingerprint density at radius 3 is 2.31 bits per heavy atom. The molecule has 1 amide bonds. The summed E-state index contributed by atoms with van der Waals surface area (Å²) in [6.45, 7) is 3.76. The molecule has 0 saturated carbocycles. The third-order valence-corrected chi connectivity index (χ3v) is 5.57. The van der Waals surface area contributed by atoms with Gasteiger partial charge in [0.15, 0.2) is 0 Å². The van der Waals surface area contributed by atoms with Crippen LogP contribution in [-0.4, -0.2) is 24.3 Å². The molecule has 29 heavy (non-hydrogen) atoms. The Kier molecular flexibility index (Phi) is 6.23. The summed E-state index contributed by atoms with van der Waals surface area (Å²) in [7, 11) is -3.81. The number of aromatic nitrogens is 2. The van der Waals surface area contributed by atoms with Crippen molar-refractivity contribution in [1.82, 2.24) is 9.97 Å². The predicted molar refractivity (Wildman–Crippen MR) is 112 cm³/mol. The number of sulfonamides is 1. The zero-order chi connectivity index (χ0) is 20.9. The number of rotatable bonds is 7. The topological polar surface area (TPSA) is 101 Å². The molecule has 0 bridgehead atoms. The fraction of sp³-hybridized carbons (Fsp3) is 0.190. The van der Waals surface area contributed by atoms with Crippen molar-refractivity contribution in [3.8, 4) is 0 Å². The molecule has 150 valence electrons. The van der Waals surface area contributed by atoms with Crippen molar-refractivity contribution in [3.63, 3.8) is 0 Å². The van der Waals surface area contributed by atoms with Crippen LogP contribution in [0.3, 0.4) is 0 Å². The number of nitrogens with zero attached hydrogens (tertiary/aromatic N) is 2. The van der Waals surface area contributed by atoms with Crippen LogP contribution < -0.4 is 10.0 Å². The first-order valence-corrected chi connectivity index (χ1v) is 10.6. The Hall–Kier alpha value is -3.26. The number of nitrogens with one attached hydrogen (secondary N) is 2. The lowest BCUT2D eigenvalue weighted by atomic mass is 10.1. The van der Waals surface area contributed by atoms with Gasteiger partial charge in [-0.25, -0.2) is 23.1 Å². The van der Waals surface area contributed by atoms with Crippen LogP contribution in [0.4, 0.5) is 11.6 Å². The summed E-state index contributed by atoms with van der Waals surface area (Å²) < 4.78 is 27.2. The van der Waals surface area contributed by atoms with Crippen LogP contribution in [-0.2, 0) is 21.2 Å². The highest BCUT2D eigenvalue weighted by Gasteiger charge is 2.16. The zero-order valence-corrected chi connectivity index (χ0v) is 17.0. The van der Waals surface area contributed by atoms with E-state index >= 15 is 0 Å². The molecular weight excluding hydrogens is 388 g/mol. The van der Waals surface area contributed by atoms with Crippen LogP contribution in [0.15, 0.2) is 65.7 Å². The normalized spacial score (nSPS) is 11.1. The number of hydrogen-bond acceptors (Lipinski definition) is 5. The van der Waals surface area contributed by atoms with E-state index in [2.05, 4.69) is 20.0 Å². The maximum absolute atomic E-state index is 12.5. The second-order valence-corrected chi connectivity index (χ2v) is 8.37. The first-order chi connectivity index (χ1) is 13.8. The molecular formula is C21H22N4O3S. The van der Waals surface area contributed by atoms with Crippen LogP contribution in [0.2, 0.25) is 0 Å². The number of carbonyl (C=O) groups excluding carboxylic acids is 1. The number of benzene rings is 2. The van der Waals surface area contributed by atoms with E-state index in [0.717, 1.165) is 5.56 Å². The summed E-state index contributed by atoms with van der Waals surface area (Å²) in [5, 5.41) is 2.78. The average Bonchev–Trinajstić information content (AvgIpc) is 2.68. The van der Waals surface area contributed by atoms with E-state index in [-0.39, 0.29) is 16.8 Å². The Balaban J connectivity index is 1.58. The van der Waals surface area contributed by atoms with Gasteiger partial charge in [0.2, 0.25) is 11.9 Å². The summed E-state index contributed by atoms with van der Waals surface area (Å²) >= 11 is 0. The van der Waals surface area contributed by atoms with Crippen molar-refractivity contribution in [2.45, 2.75) is 31.6 Å². The highest BCUT2D eigenvalue weighted by atomic mass is 32.2. The SMILES string of the molecule is Cc1ccc(CCC(=O)Nc2ccc(S(=O)(=O)Nc3nccc(C)n3)cc2)cc1. The van der Waals surface area contributed by atoms with E-state index < -0.39 is 10.0 Å². The summed E-state index contributed by atoms with van der Waals surface area (Å²) in [5.41, 5.74) is 3.46. The lowest BCUT2D eigenvalue weighted by Crippen LogP contribution is -2.16. The standard InChI is InChI=1S/C21H22N4O3S/c1-15-3-5-17(6-4-15)7-12-20(26)24-18-8-10-19(11-9-18)29(27,28)25-21-22-14-13-16(2)23-21/h3-6,8-11,13-14H,7,12H2,1-2H3,(H,24,26)(H,22,23,25). The largest absolute Gasteiger partial charge is 0.326 e. The van der Waals surface area contributed by atoms with Crippen LogP contribution in [0, 0.1) is 13.8 Å². The predicted octanol–water partition coefficient (Wildman–Crippen LogP) is 3.47. The third kappa shape index (κ3) is 5.86. The van der Waals surface area contributed by atoms with E-state index in [1.165, 1.54) is 23.9 Å². The molecule has 0 aliphatic heterocycles. The minimum atomic E-state index is -3.81. The van der Waals surface area contributed by atoms with Gasteiger partial charge >= 0.3 is 0 Å². The molecule has 0 spiro atoms. The Labute approximate surface area is 170 Å². The van der Waals surface area contributed by atoms with Gasteiger partial charge in [-0.1, -0.05) is 29.8 Å². The third-order valence-electron chi connectivity index (χ3n) is 4.23. The molecule has 0 unspecified atom stereocenters. The quantitative estimate of drug-likeness (QED) is 0.621. The molecule has 8 heteroatoms. The molecule has 0 aliphatic carbocycles. The van der Waals surface area contributed by atoms with Gasteiger partial charge in [0.25, 0.3) is 10.0 Å². The van der Waals surface area contributed by atoms with Crippen molar-refractivity contribution in [1.29, 1.82) is 0 Å². The Bertz CT molecular complexity index is 1100. The smallest absolute Gasteiger partial charge is 0.264 e. The van der Waals surface area contributed by atoms with Crippen LogP contribution in [0.5, 0.6) is 0 Å². The summed E-state index contributed by atoms with van der Waals surface area (Å²) in [6.07, 6.45) is 2.46. The molecule has 3 aromatic rings. The van der Waals surface area contributed by atoms with Gasteiger partial charge in [-0.05, 0) is 56.2 Å². The number of carbonyl (C=O) groups is 1. The lowest BCUT2D eigenvalue weighted by Gasteiger charge is -2.09. The van der Waals surface area contributed by atoms with Crippen molar-refractivity contribution in [2.24, 2.45) is 0 Å². The molecule has 1 aromatic heterocycles. The fourth-order valence-electron chi connectivity index (χ4n) is 2.63. The van der Waals surface area contributed by atoms with Gasteiger partial charge < -0.3 is 5.32 Å². The number of anilines is 2. The highest BCUT2D eigenvalue weighted by molar-refractivity contribution is 7.92. The minimum Gasteiger partial charge on any atom is -0.326 e. The molecule has 0 radical (unpaired) electrons. The van der Waals surface area contributed by atoms with Crippen molar-refractivity contribution in [3.05, 3.63) is 77.6 Å². The van der Waals surface area contributed by atoms with Gasteiger partial charge in [-0.3, -0.25) is 4.79 Å². The van der Waals surface area contributed by atoms with Crippen LogP contribution >= 0.6 is 0 Å². The number of aryl methyl sites for hydroxylation is 3. The number of hydrogen-bond donors (Lipinski definition) is 2. The molecule has 2 aromatic carbocycles. The minimum absolute atomic E-state index is 0.0125. The molecule has 0 atom stereocenters. The van der Waals surface area contributed by atoms with E-state index in [1.807, 2.05) is 31.2 Å². The van der Waals surface area contributed by atoms with Gasteiger partial charge in [-0.2, -0.15) is 0 Å². The Morgan fingerprint density at radius 1 is 0.966 bits per heavy atom. The number of amides is 1. The lowest BCUT2D eigenvalue weighted by molar-refractivity contribution is -0.116. The average molecular weight is 410 g/mol. The molecule has 1 heterocycles. The molecule has 3 rings (SSSR count). The van der Waals surface area contributed by atoms with Crippen LogP contribution in [0.1, 0.15) is 23.2 Å². The van der Waals surface area contributed by atoms with Gasteiger partial charge in [0, 0.05) is 24.0 Å². The van der Waals surface area contributed by atoms with E-state index in [4.69, 9.17) is 0 Å². The Morgan fingerprint density at radius 2 is 1.66 bits per heavy atom. The second kappa shape index (κ2) is 8.83. The second-order valence-electron chi connectivity index (χ2n) is 6.69. The molecule has 2 N–H and O–H groups in total. The van der Waals surface area contributed by atoms with Crippen molar-refractivity contribution < 1.29 is 13.2 Å². The van der Waals surface area contributed by atoms with Crippen molar-refractivity contribution in [2.75, 3.05) is 10.0 Å². The van der Waals surface area contributed by atoms with Gasteiger partial charge in [0.05, 0.1) is 4.90 Å². The van der Waals surface area contributed by atoms with Gasteiger partial charge in [-0.15, -0.1) is 0 Å². The van der Waals surface area contributed by atoms with Crippen LogP contribution in [0.25, 0.3) is 0 Å². The van der Waals surface area contributed by atoms with E-state index in [0.29, 0.717) is 24.2 Å². The first-order valence-electron chi connectivity index (χ1n) is 9.10. The molecule has 0 aliphatic rings. The van der Waals surface area contributed by atoms with Crippen molar-refractivity contribution >= 4 is 27.6 Å². The molecule has 7 nitrogen and oxygen atoms in total. The summed E-state index contributed by atoms with van der Waals surface area (Å²) in [5.74, 6) is -0.119. The maximum Gasteiger partial charge on any atom is 0.264 e. The summed E-state index contributed by atoms with van der Waals surface area (Å²) in [6, 6.07) is 15.7. The molecule has 0 fully saturated rings. The van der Waals surface area contributed by atoms with Gasteiger partial charge in [0.1, 0.15) is 0 Å². The monoisotopic (exact) mass is 410 g/mol. The summed E-state index contributed by atoms with van der Waals surface area (Å²) in [4.78, 5) is 20.1.